The number of carbonyl (C=O) groups excluding carboxylic acids is 1. The fraction of sp³-hybridized carbons (Fsp3) is 0.296. The Balaban J connectivity index is 1.89. The van der Waals surface area contributed by atoms with Crippen molar-refractivity contribution < 1.29 is 9.53 Å². The number of carbonyl (C=O) groups is 1. The van der Waals surface area contributed by atoms with Crippen LogP contribution in [0.4, 0.5) is 0 Å². The maximum Gasteiger partial charge on any atom is 0.338 e. The number of ether oxygens (including phenoxy) is 1. The van der Waals surface area contributed by atoms with Crippen molar-refractivity contribution in [3.63, 3.8) is 0 Å². The second kappa shape index (κ2) is 10.2. The number of esters is 1. The molecule has 1 aliphatic rings. The first kappa shape index (κ1) is 24.2. The number of thiazole rings is 1. The molecule has 2 aromatic carbocycles. The lowest BCUT2D eigenvalue weighted by Crippen LogP contribution is -2.39. The Hall–Kier alpha value is -2.90. The summed E-state index contributed by atoms with van der Waals surface area (Å²) in [4.78, 5) is 32.9. The first-order chi connectivity index (χ1) is 16.3. The van der Waals surface area contributed by atoms with Crippen LogP contribution in [0, 0.1) is 0 Å². The molecule has 176 valence electrons. The molecule has 4 rings (SSSR count). The second-order valence-electron chi connectivity index (χ2n) is 8.40. The summed E-state index contributed by atoms with van der Waals surface area (Å²) in [6.07, 6.45) is 3.91. The molecular formula is C27H28N2O3S2. The van der Waals surface area contributed by atoms with Crippen molar-refractivity contribution in [3.05, 3.63) is 96.2 Å². The average Bonchev–Trinajstić information content (AvgIpc) is 3.13. The maximum absolute atomic E-state index is 13.6. The summed E-state index contributed by atoms with van der Waals surface area (Å²) in [5, 5.41) is 0. The maximum atomic E-state index is 13.6. The summed E-state index contributed by atoms with van der Waals surface area (Å²) in [5.41, 5.74) is 3.87. The van der Waals surface area contributed by atoms with Crippen LogP contribution in [0.3, 0.4) is 0 Å². The van der Waals surface area contributed by atoms with Crippen LogP contribution in [-0.2, 0) is 9.53 Å². The number of fused-ring (bicyclic) bond motifs is 1. The largest absolute Gasteiger partial charge is 0.463 e. The minimum absolute atomic E-state index is 0.162. The summed E-state index contributed by atoms with van der Waals surface area (Å²) in [6, 6.07) is 15.6. The number of aromatic nitrogens is 1. The van der Waals surface area contributed by atoms with Gasteiger partial charge in [0.05, 0.1) is 28.5 Å². The van der Waals surface area contributed by atoms with Gasteiger partial charge in [0.1, 0.15) is 0 Å². The van der Waals surface area contributed by atoms with Crippen molar-refractivity contribution in [2.45, 2.75) is 44.6 Å². The zero-order chi connectivity index (χ0) is 24.4. The van der Waals surface area contributed by atoms with Crippen LogP contribution in [0.15, 0.2) is 74.5 Å². The molecule has 0 N–H and O–H groups in total. The zero-order valence-corrected chi connectivity index (χ0v) is 21.6. The Bertz CT molecular complexity index is 1410. The number of hydrogen-bond acceptors (Lipinski definition) is 6. The van der Waals surface area contributed by atoms with Crippen LogP contribution in [0.25, 0.3) is 6.08 Å². The standard InChI is InChI=1S/C27H28N2O3S2/c1-6-32-26(31)23-17(4)28-27-29(24(23)20-11-13-21(33-5)14-12-20)25(30)22(34-27)15-18-7-9-19(10-8-18)16(2)3/h7-16,24H,6H2,1-5H3/b22-15-/t24-/m0/s1. The second-order valence-corrected chi connectivity index (χ2v) is 10.3. The Morgan fingerprint density at radius 3 is 2.44 bits per heavy atom. The average molecular weight is 493 g/mol. The van der Waals surface area contributed by atoms with E-state index in [1.165, 1.54) is 16.9 Å². The topological polar surface area (TPSA) is 60.7 Å². The molecule has 1 atom stereocenters. The molecule has 0 bridgehead atoms. The lowest BCUT2D eigenvalue weighted by Gasteiger charge is -2.24. The molecular weight excluding hydrogens is 464 g/mol. The predicted octanol–water partition coefficient (Wildman–Crippen LogP) is 4.64. The summed E-state index contributed by atoms with van der Waals surface area (Å²) in [7, 11) is 0. The van der Waals surface area contributed by atoms with Gasteiger partial charge in [-0.15, -0.1) is 11.8 Å². The van der Waals surface area contributed by atoms with Gasteiger partial charge in [-0.1, -0.05) is 61.6 Å². The number of thioether (sulfide) groups is 1. The van der Waals surface area contributed by atoms with E-state index in [4.69, 9.17) is 4.74 Å². The Kier molecular flexibility index (Phi) is 7.24. The Morgan fingerprint density at radius 1 is 1.18 bits per heavy atom. The zero-order valence-electron chi connectivity index (χ0n) is 20.0. The van der Waals surface area contributed by atoms with Gasteiger partial charge in [0.2, 0.25) is 0 Å². The highest BCUT2D eigenvalue weighted by Gasteiger charge is 2.33. The molecule has 5 nitrogen and oxygen atoms in total. The van der Waals surface area contributed by atoms with E-state index in [1.54, 1.807) is 30.2 Å². The molecule has 7 heteroatoms. The summed E-state index contributed by atoms with van der Waals surface area (Å²) in [6.45, 7) is 8.14. The van der Waals surface area contributed by atoms with E-state index >= 15 is 0 Å². The molecule has 1 aliphatic heterocycles. The van der Waals surface area contributed by atoms with E-state index in [2.05, 4.69) is 31.0 Å². The van der Waals surface area contributed by atoms with Crippen molar-refractivity contribution in [3.8, 4) is 0 Å². The smallest absolute Gasteiger partial charge is 0.338 e. The molecule has 34 heavy (non-hydrogen) atoms. The fourth-order valence-electron chi connectivity index (χ4n) is 4.02. The highest BCUT2D eigenvalue weighted by atomic mass is 32.2. The first-order valence-electron chi connectivity index (χ1n) is 11.3. The van der Waals surface area contributed by atoms with Gasteiger partial charge in [0.25, 0.3) is 5.56 Å². The van der Waals surface area contributed by atoms with Crippen LogP contribution in [-0.4, -0.2) is 23.4 Å². The third-order valence-corrected chi connectivity index (χ3v) is 7.58. The van der Waals surface area contributed by atoms with Crippen LogP contribution >= 0.6 is 23.1 Å². The number of rotatable bonds is 6. The van der Waals surface area contributed by atoms with E-state index in [-0.39, 0.29) is 12.2 Å². The number of benzene rings is 2. The minimum Gasteiger partial charge on any atom is -0.463 e. The highest BCUT2D eigenvalue weighted by molar-refractivity contribution is 7.98. The molecule has 0 unspecified atom stereocenters. The summed E-state index contributed by atoms with van der Waals surface area (Å²) < 4.78 is 7.57. The molecule has 0 fully saturated rings. The van der Waals surface area contributed by atoms with Gasteiger partial charge in [-0.05, 0) is 60.9 Å². The van der Waals surface area contributed by atoms with Crippen LogP contribution in [0.1, 0.15) is 56.3 Å². The quantitative estimate of drug-likeness (QED) is 0.371. The van der Waals surface area contributed by atoms with Crippen molar-refractivity contribution in [2.24, 2.45) is 4.99 Å². The lowest BCUT2D eigenvalue weighted by molar-refractivity contribution is -0.139. The van der Waals surface area contributed by atoms with Gasteiger partial charge in [-0.25, -0.2) is 9.79 Å². The van der Waals surface area contributed by atoms with Gasteiger partial charge >= 0.3 is 5.97 Å². The van der Waals surface area contributed by atoms with Crippen LogP contribution < -0.4 is 14.9 Å². The molecule has 3 aromatic rings. The Labute approximate surface area is 207 Å². The molecule has 0 saturated heterocycles. The summed E-state index contributed by atoms with van der Waals surface area (Å²) >= 11 is 2.99. The number of allylic oxidation sites excluding steroid dienone is 1. The van der Waals surface area contributed by atoms with E-state index in [9.17, 15) is 9.59 Å². The fourth-order valence-corrected chi connectivity index (χ4v) is 5.48. The summed E-state index contributed by atoms with van der Waals surface area (Å²) in [5.74, 6) is 0.00220. The van der Waals surface area contributed by atoms with Gasteiger partial charge in [-0.3, -0.25) is 9.36 Å². The van der Waals surface area contributed by atoms with Crippen LogP contribution in [0.2, 0.25) is 0 Å². The molecule has 0 amide bonds. The van der Waals surface area contributed by atoms with E-state index in [1.807, 2.05) is 48.7 Å². The van der Waals surface area contributed by atoms with Crippen molar-refractivity contribution in [1.29, 1.82) is 0 Å². The van der Waals surface area contributed by atoms with Gasteiger partial charge < -0.3 is 4.74 Å². The normalized spacial score (nSPS) is 15.9. The molecule has 1 aromatic heterocycles. The van der Waals surface area contributed by atoms with Crippen molar-refractivity contribution >= 4 is 35.1 Å². The lowest BCUT2D eigenvalue weighted by atomic mass is 9.96. The van der Waals surface area contributed by atoms with E-state index in [0.29, 0.717) is 26.5 Å². The molecule has 0 saturated carbocycles. The van der Waals surface area contributed by atoms with E-state index in [0.717, 1.165) is 16.0 Å². The SMILES string of the molecule is CCOC(=O)C1=C(C)N=c2s/c(=C\c3ccc(C(C)C)cc3)c(=O)n2[C@H]1c1ccc(SC)cc1. The monoisotopic (exact) mass is 492 g/mol. The minimum atomic E-state index is -0.586. The van der Waals surface area contributed by atoms with E-state index < -0.39 is 12.0 Å². The number of nitrogens with zero attached hydrogens (tertiary/aromatic N) is 2. The predicted molar refractivity (Wildman–Crippen MR) is 139 cm³/mol. The van der Waals surface area contributed by atoms with Gasteiger partial charge in [0.15, 0.2) is 4.80 Å². The third kappa shape index (κ3) is 4.68. The van der Waals surface area contributed by atoms with Crippen molar-refractivity contribution in [2.75, 3.05) is 12.9 Å². The molecule has 0 aliphatic carbocycles. The van der Waals surface area contributed by atoms with Gasteiger partial charge in [-0.2, -0.15) is 0 Å². The Morgan fingerprint density at radius 2 is 1.85 bits per heavy atom. The van der Waals surface area contributed by atoms with Crippen molar-refractivity contribution in [1.82, 2.24) is 4.57 Å². The van der Waals surface area contributed by atoms with Crippen LogP contribution in [0.5, 0.6) is 0 Å². The highest BCUT2D eigenvalue weighted by Crippen LogP contribution is 2.31. The number of hydrogen-bond donors (Lipinski definition) is 0. The molecule has 0 spiro atoms. The molecule has 2 heterocycles. The third-order valence-electron chi connectivity index (χ3n) is 5.85. The first-order valence-corrected chi connectivity index (χ1v) is 13.3. The molecule has 0 radical (unpaired) electrons. The van der Waals surface area contributed by atoms with Gasteiger partial charge in [0, 0.05) is 4.90 Å².